The Morgan fingerprint density at radius 2 is 1.91 bits per heavy atom. The standard InChI is InChI=1S/C19H17BrN2O/c1-3-12-9-14(20)10-17-18(12)16(11-21)19(22-17)13-5-7-15(8-6-13)23-4-2/h5-10,22H,3-4H2,1-2H3. The van der Waals surface area contributed by atoms with Gasteiger partial charge in [0.1, 0.15) is 11.8 Å². The van der Waals surface area contributed by atoms with Gasteiger partial charge in [0.05, 0.1) is 17.9 Å². The van der Waals surface area contributed by atoms with E-state index in [0.717, 1.165) is 38.8 Å². The highest BCUT2D eigenvalue weighted by atomic mass is 79.9. The van der Waals surface area contributed by atoms with Gasteiger partial charge < -0.3 is 9.72 Å². The van der Waals surface area contributed by atoms with E-state index in [1.165, 1.54) is 5.56 Å². The van der Waals surface area contributed by atoms with Crippen LogP contribution in [0.4, 0.5) is 0 Å². The van der Waals surface area contributed by atoms with E-state index in [9.17, 15) is 5.26 Å². The number of aromatic nitrogens is 1. The number of halogens is 1. The molecule has 0 fully saturated rings. The molecule has 0 saturated heterocycles. The Morgan fingerprint density at radius 3 is 2.52 bits per heavy atom. The lowest BCUT2D eigenvalue weighted by molar-refractivity contribution is 0.340. The Balaban J connectivity index is 2.20. The maximum atomic E-state index is 9.69. The second kappa shape index (κ2) is 6.47. The first-order valence-corrected chi connectivity index (χ1v) is 8.44. The fourth-order valence-electron chi connectivity index (χ4n) is 2.87. The zero-order valence-electron chi connectivity index (χ0n) is 13.1. The molecule has 0 atom stereocenters. The van der Waals surface area contributed by atoms with E-state index in [1.54, 1.807) is 0 Å². The first kappa shape index (κ1) is 15.6. The summed E-state index contributed by atoms with van der Waals surface area (Å²) < 4.78 is 6.50. The van der Waals surface area contributed by atoms with Gasteiger partial charge in [0.15, 0.2) is 0 Å². The average Bonchev–Trinajstić information content (AvgIpc) is 2.93. The molecule has 116 valence electrons. The Hall–Kier alpha value is -2.25. The molecule has 0 radical (unpaired) electrons. The molecule has 1 N–H and O–H groups in total. The Kier molecular flexibility index (Phi) is 4.40. The van der Waals surface area contributed by atoms with Gasteiger partial charge in [0.2, 0.25) is 0 Å². The lowest BCUT2D eigenvalue weighted by Gasteiger charge is -2.04. The molecule has 0 amide bonds. The molecule has 3 rings (SSSR count). The monoisotopic (exact) mass is 368 g/mol. The van der Waals surface area contributed by atoms with Crippen LogP contribution in [0.15, 0.2) is 40.9 Å². The summed E-state index contributed by atoms with van der Waals surface area (Å²) in [5, 5.41) is 10.7. The number of ether oxygens (including phenoxy) is 1. The van der Waals surface area contributed by atoms with Crippen molar-refractivity contribution in [2.24, 2.45) is 0 Å². The van der Waals surface area contributed by atoms with Crippen molar-refractivity contribution in [2.75, 3.05) is 6.61 Å². The number of aryl methyl sites for hydroxylation is 1. The highest BCUT2D eigenvalue weighted by molar-refractivity contribution is 9.10. The van der Waals surface area contributed by atoms with Crippen LogP contribution in [0.3, 0.4) is 0 Å². The maximum Gasteiger partial charge on any atom is 0.119 e. The number of fused-ring (bicyclic) bond motifs is 1. The predicted octanol–water partition coefficient (Wildman–Crippen LogP) is 5.43. The van der Waals surface area contributed by atoms with Crippen molar-refractivity contribution >= 4 is 26.8 Å². The van der Waals surface area contributed by atoms with Crippen molar-refractivity contribution in [1.29, 1.82) is 5.26 Å². The molecule has 3 nitrogen and oxygen atoms in total. The van der Waals surface area contributed by atoms with Crippen LogP contribution in [-0.2, 0) is 6.42 Å². The second-order valence-corrected chi connectivity index (χ2v) is 6.20. The molecular formula is C19H17BrN2O. The fraction of sp³-hybridized carbons (Fsp3) is 0.211. The van der Waals surface area contributed by atoms with Crippen LogP contribution in [0.25, 0.3) is 22.2 Å². The van der Waals surface area contributed by atoms with Crippen LogP contribution < -0.4 is 4.74 Å². The number of hydrogen-bond acceptors (Lipinski definition) is 2. The van der Waals surface area contributed by atoms with Crippen LogP contribution in [0.5, 0.6) is 5.75 Å². The van der Waals surface area contributed by atoms with E-state index in [2.05, 4.69) is 40.0 Å². The van der Waals surface area contributed by atoms with Gasteiger partial charge in [-0.3, -0.25) is 0 Å². The molecule has 4 heteroatoms. The smallest absolute Gasteiger partial charge is 0.119 e. The van der Waals surface area contributed by atoms with Gasteiger partial charge >= 0.3 is 0 Å². The predicted molar refractivity (Wildman–Crippen MR) is 96.7 cm³/mol. The van der Waals surface area contributed by atoms with E-state index in [0.29, 0.717) is 12.2 Å². The van der Waals surface area contributed by atoms with Crippen molar-refractivity contribution in [3.63, 3.8) is 0 Å². The minimum Gasteiger partial charge on any atom is -0.494 e. The van der Waals surface area contributed by atoms with Crippen LogP contribution in [0.1, 0.15) is 25.0 Å². The zero-order valence-corrected chi connectivity index (χ0v) is 14.7. The number of hydrogen-bond donors (Lipinski definition) is 1. The van der Waals surface area contributed by atoms with Gasteiger partial charge in [0.25, 0.3) is 0 Å². The van der Waals surface area contributed by atoms with E-state index in [1.807, 2.05) is 37.3 Å². The zero-order chi connectivity index (χ0) is 16.4. The van der Waals surface area contributed by atoms with E-state index < -0.39 is 0 Å². The summed E-state index contributed by atoms with van der Waals surface area (Å²) in [5.74, 6) is 0.836. The minimum atomic E-state index is 0.642. The number of aromatic amines is 1. The molecular weight excluding hydrogens is 352 g/mol. The van der Waals surface area contributed by atoms with Gasteiger partial charge in [-0.25, -0.2) is 0 Å². The molecule has 0 aliphatic heterocycles. The topological polar surface area (TPSA) is 48.8 Å². The largest absolute Gasteiger partial charge is 0.494 e. The third-order valence-electron chi connectivity index (χ3n) is 3.89. The summed E-state index contributed by atoms with van der Waals surface area (Å²) in [6.07, 6.45) is 0.880. The molecule has 0 unspecified atom stereocenters. The molecule has 2 aromatic carbocycles. The summed E-state index contributed by atoms with van der Waals surface area (Å²) in [7, 11) is 0. The van der Waals surface area contributed by atoms with E-state index in [-0.39, 0.29) is 0 Å². The molecule has 0 aliphatic rings. The first-order chi connectivity index (χ1) is 11.2. The van der Waals surface area contributed by atoms with Crippen LogP contribution >= 0.6 is 15.9 Å². The normalized spacial score (nSPS) is 10.7. The molecule has 1 aromatic heterocycles. The third kappa shape index (κ3) is 2.85. The van der Waals surface area contributed by atoms with Crippen LogP contribution in [0, 0.1) is 11.3 Å². The molecule has 0 bridgehead atoms. The highest BCUT2D eigenvalue weighted by Gasteiger charge is 2.16. The Labute approximate surface area is 144 Å². The van der Waals surface area contributed by atoms with Crippen molar-refractivity contribution in [1.82, 2.24) is 4.98 Å². The van der Waals surface area contributed by atoms with Crippen molar-refractivity contribution in [2.45, 2.75) is 20.3 Å². The van der Waals surface area contributed by atoms with Crippen molar-refractivity contribution in [3.05, 3.63) is 52.0 Å². The van der Waals surface area contributed by atoms with Gasteiger partial charge in [-0.2, -0.15) is 5.26 Å². The first-order valence-electron chi connectivity index (χ1n) is 7.65. The SMILES string of the molecule is CCOc1ccc(-c2[nH]c3cc(Br)cc(CC)c3c2C#N)cc1. The molecule has 0 spiro atoms. The third-order valence-corrected chi connectivity index (χ3v) is 4.35. The molecule has 0 saturated carbocycles. The van der Waals surface area contributed by atoms with Crippen molar-refractivity contribution in [3.8, 4) is 23.1 Å². The molecule has 0 aliphatic carbocycles. The fourth-order valence-corrected chi connectivity index (χ4v) is 3.38. The van der Waals surface area contributed by atoms with Crippen LogP contribution in [0.2, 0.25) is 0 Å². The Morgan fingerprint density at radius 1 is 1.17 bits per heavy atom. The molecule has 23 heavy (non-hydrogen) atoms. The number of nitrogens with zero attached hydrogens (tertiary/aromatic N) is 1. The Bertz CT molecular complexity index is 888. The number of nitriles is 1. The number of nitrogens with one attached hydrogen (secondary N) is 1. The molecule has 1 heterocycles. The summed E-state index contributed by atoms with van der Waals surface area (Å²) in [6.45, 7) is 4.71. The quantitative estimate of drug-likeness (QED) is 0.667. The van der Waals surface area contributed by atoms with Gasteiger partial charge in [-0.05, 0) is 60.9 Å². The van der Waals surface area contributed by atoms with Gasteiger partial charge in [-0.15, -0.1) is 0 Å². The number of rotatable bonds is 4. The van der Waals surface area contributed by atoms with Crippen LogP contribution in [-0.4, -0.2) is 11.6 Å². The highest BCUT2D eigenvalue weighted by Crippen LogP contribution is 2.34. The summed E-state index contributed by atoms with van der Waals surface area (Å²) >= 11 is 3.54. The lowest BCUT2D eigenvalue weighted by atomic mass is 10.0. The number of benzene rings is 2. The minimum absolute atomic E-state index is 0.642. The van der Waals surface area contributed by atoms with E-state index in [4.69, 9.17) is 4.74 Å². The summed E-state index contributed by atoms with van der Waals surface area (Å²) in [4.78, 5) is 3.41. The van der Waals surface area contributed by atoms with E-state index >= 15 is 0 Å². The maximum absolute atomic E-state index is 9.69. The second-order valence-electron chi connectivity index (χ2n) is 5.29. The summed E-state index contributed by atoms with van der Waals surface area (Å²) in [6, 6.07) is 14.3. The van der Waals surface area contributed by atoms with Gasteiger partial charge in [0, 0.05) is 15.4 Å². The number of H-pyrrole nitrogens is 1. The average molecular weight is 369 g/mol. The van der Waals surface area contributed by atoms with Crippen molar-refractivity contribution < 1.29 is 4.74 Å². The lowest BCUT2D eigenvalue weighted by Crippen LogP contribution is -1.91. The molecule has 3 aromatic rings. The van der Waals surface area contributed by atoms with Gasteiger partial charge in [-0.1, -0.05) is 22.9 Å². The summed E-state index contributed by atoms with van der Waals surface area (Å²) in [5.41, 5.74) is 4.70.